The van der Waals surface area contributed by atoms with Crippen LogP contribution < -0.4 is 10.6 Å². The first kappa shape index (κ1) is 14.0. The number of hydrogen-bond donors (Lipinski definition) is 2. The lowest BCUT2D eigenvalue weighted by molar-refractivity contribution is -0.149. The SMILES string of the molecule is COC(=O)C(C)(C)NC(=O)CC1CCNCC1. The molecule has 5 nitrogen and oxygen atoms in total. The summed E-state index contributed by atoms with van der Waals surface area (Å²) in [5, 5.41) is 5.98. The second-order valence-electron chi connectivity index (χ2n) is 5.06. The van der Waals surface area contributed by atoms with E-state index in [4.69, 9.17) is 0 Å². The highest BCUT2D eigenvalue weighted by Gasteiger charge is 2.31. The molecule has 1 rings (SSSR count). The van der Waals surface area contributed by atoms with Crippen LogP contribution in [0.25, 0.3) is 0 Å². The Kier molecular flexibility index (Phi) is 4.93. The Hall–Kier alpha value is -1.10. The summed E-state index contributed by atoms with van der Waals surface area (Å²) < 4.78 is 4.64. The molecule has 0 radical (unpaired) electrons. The van der Waals surface area contributed by atoms with Gasteiger partial charge in [-0.15, -0.1) is 0 Å². The quantitative estimate of drug-likeness (QED) is 0.702. The van der Waals surface area contributed by atoms with Crippen molar-refractivity contribution in [3.63, 3.8) is 0 Å². The molecule has 0 spiro atoms. The number of ether oxygens (including phenoxy) is 1. The minimum atomic E-state index is -0.946. The maximum Gasteiger partial charge on any atom is 0.330 e. The summed E-state index contributed by atoms with van der Waals surface area (Å²) in [4.78, 5) is 23.2. The van der Waals surface area contributed by atoms with E-state index in [1.54, 1.807) is 13.8 Å². The van der Waals surface area contributed by atoms with E-state index in [0.717, 1.165) is 25.9 Å². The molecule has 0 aliphatic carbocycles. The normalized spacial score (nSPS) is 17.6. The number of nitrogens with one attached hydrogen (secondary N) is 2. The molecule has 0 aromatic rings. The standard InChI is InChI=1S/C12H22N2O3/c1-12(2,11(16)17-3)14-10(15)8-9-4-6-13-7-5-9/h9,13H,4-8H2,1-3H3,(H,14,15). The van der Waals surface area contributed by atoms with E-state index in [-0.39, 0.29) is 5.91 Å². The average molecular weight is 242 g/mol. The third-order valence-corrected chi connectivity index (χ3v) is 3.08. The van der Waals surface area contributed by atoms with Gasteiger partial charge in [0.25, 0.3) is 0 Å². The van der Waals surface area contributed by atoms with E-state index in [9.17, 15) is 9.59 Å². The molecule has 2 N–H and O–H groups in total. The minimum Gasteiger partial charge on any atom is -0.467 e. The van der Waals surface area contributed by atoms with Crippen molar-refractivity contribution >= 4 is 11.9 Å². The molecule has 1 aliphatic heterocycles. The molecular formula is C12H22N2O3. The summed E-state index contributed by atoms with van der Waals surface area (Å²) >= 11 is 0. The van der Waals surface area contributed by atoms with E-state index in [1.807, 2.05) is 0 Å². The number of hydrogen-bond acceptors (Lipinski definition) is 4. The number of amides is 1. The Bertz CT molecular complexity index is 283. The first-order chi connectivity index (χ1) is 7.95. The lowest BCUT2D eigenvalue weighted by Gasteiger charge is -2.26. The van der Waals surface area contributed by atoms with Crippen molar-refractivity contribution in [2.45, 2.75) is 38.6 Å². The Morgan fingerprint density at radius 1 is 1.35 bits per heavy atom. The summed E-state index contributed by atoms with van der Waals surface area (Å²) in [5.74, 6) is -0.0758. The average Bonchev–Trinajstić information content (AvgIpc) is 2.28. The predicted molar refractivity (Wildman–Crippen MR) is 64.4 cm³/mol. The van der Waals surface area contributed by atoms with E-state index in [1.165, 1.54) is 7.11 Å². The van der Waals surface area contributed by atoms with Crippen molar-refractivity contribution in [2.24, 2.45) is 5.92 Å². The van der Waals surface area contributed by atoms with Crippen molar-refractivity contribution in [1.82, 2.24) is 10.6 Å². The minimum absolute atomic E-state index is 0.0766. The zero-order valence-corrected chi connectivity index (χ0v) is 10.8. The second-order valence-corrected chi connectivity index (χ2v) is 5.06. The van der Waals surface area contributed by atoms with Crippen molar-refractivity contribution in [1.29, 1.82) is 0 Å². The molecule has 0 aromatic carbocycles. The summed E-state index contributed by atoms with van der Waals surface area (Å²) in [6.45, 7) is 5.25. The van der Waals surface area contributed by atoms with Gasteiger partial charge in [-0.3, -0.25) is 4.79 Å². The molecule has 1 amide bonds. The molecule has 1 aliphatic rings. The van der Waals surface area contributed by atoms with Crippen LogP contribution in [0.5, 0.6) is 0 Å². The second kappa shape index (κ2) is 6.00. The Morgan fingerprint density at radius 2 is 1.94 bits per heavy atom. The van der Waals surface area contributed by atoms with E-state index in [0.29, 0.717) is 12.3 Å². The molecule has 0 unspecified atom stereocenters. The van der Waals surface area contributed by atoms with Gasteiger partial charge in [0.2, 0.25) is 5.91 Å². The van der Waals surface area contributed by atoms with Gasteiger partial charge in [-0.25, -0.2) is 4.79 Å². The van der Waals surface area contributed by atoms with Crippen LogP contribution in [-0.2, 0) is 14.3 Å². The number of methoxy groups -OCH3 is 1. The van der Waals surface area contributed by atoms with Crippen LogP contribution in [0.1, 0.15) is 33.1 Å². The fraction of sp³-hybridized carbons (Fsp3) is 0.833. The van der Waals surface area contributed by atoms with Crippen molar-refractivity contribution in [2.75, 3.05) is 20.2 Å². The molecule has 1 saturated heterocycles. The lowest BCUT2D eigenvalue weighted by atomic mass is 9.93. The zero-order valence-electron chi connectivity index (χ0n) is 10.8. The van der Waals surface area contributed by atoms with Gasteiger partial charge >= 0.3 is 5.97 Å². The van der Waals surface area contributed by atoms with Crippen molar-refractivity contribution in [3.8, 4) is 0 Å². The van der Waals surface area contributed by atoms with Gasteiger partial charge in [0, 0.05) is 6.42 Å². The highest BCUT2D eigenvalue weighted by Crippen LogP contribution is 2.16. The van der Waals surface area contributed by atoms with Gasteiger partial charge in [0.15, 0.2) is 0 Å². The first-order valence-electron chi connectivity index (χ1n) is 6.06. The summed E-state index contributed by atoms with van der Waals surface area (Å²) in [7, 11) is 1.32. The number of piperidine rings is 1. The lowest BCUT2D eigenvalue weighted by Crippen LogP contribution is -2.50. The molecular weight excluding hydrogens is 220 g/mol. The fourth-order valence-corrected chi connectivity index (χ4v) is 2.05. The fourth-order valence-electron chi connectivity index (χ4n) is 2.05. The first-order valence-corrected chi connectivity index (χ1v) is 6.06. The third-order valence-electron chi connectivity index (χ3n) is 3.08. The highest BCUT2D eigenvalue weighted by molar-refractivity contribution is 5.87. The third kappa shape index (κ3) is 4.34. The number of esters is 1. The molecule has 98 valence electrons. The van der Waals surface area contributed by atoms with Crippen LogP contribution in [0, 0.1) is 5.92 Å². The largest absolute Gasteiger partial charge is 0.467 e. The summed E-state index contributed by atoms with van der Waals surface area (Å²) in [6, 6.07) is 0. The van der Waals surface area contributed by atoms with E-state index >= 15 is 0 Å². The van der Waals surface area contributed by atoms with Gasteiger partial charge in [0.05, 0.1) is 7.11 Å². The van der Waals surface area contributed by atoms with Crippen LogP contribution in [0.15, 0.2) is 0 Å². The van der Waals surface area contributed by atoms with Crippen LogP contribution in [0.3, 0.4) is 0 Å². The summed E-state index contributed by atoms with van der Waals surface area (Å²) in [6.07, 6.45) is 2.53. The predicted octanol–water partition coefficient (Wildman–Crippen LogP) is 0.444. The number of carbonyl (C=O) groups excluding carboxylic acids is 2. The number of rotatable bonds is 4. The van der Waals surface area contributed by atoms with E-state index in [2.05, 4.69) is 15.4 Å². The molecule has 17 heavy (non-hydrogen) atoms. The van der Waals surface area contributed by atoms with E-state index < -0.39 is 11.5 Å². The maximum atomic E-state index is 11.8. The monoisotopic (exact) mass is 242 g/mol. The van der Waals surface area contributed by atoms with Gasteiger partial charge in [-0.05, 0) is 45.7 Å². The molecule has 0 saturated carbocycles. The molecule has 1 fully saturated rings. The summed E-state index contributed by atoms with van der Waals surface area (Å²) in [5.41, 5.74) is -0.946. The van der Waals surface area contributed by atoms with Crippen molar-refractivity contribution < 1.29 is 14.3 Å². The van der Waals surface area contributed by atoms with Crippen LogP contribution in [0.4, 0.5) is 0 Å². The van der Waals surface area contributed by atoms with Gasteiger partial charge < -0.3 is 15.4 Å². The Labute approximate surface area is 102 Å². The smallest absolute Gasteiger partial charge is 0.330 e. The number of carbonyl (C=O) groups is 2. The molecule has 0 aromatic heterocycles. The van der Waals surface area contributed by atoms with Gasteiger partial charge in [-0.1, -0.05) is 0 Å². The Morgan fingerprint density at radius 3 is 2.47 bits per heavy atom. The molecule has 0 atom stereocenters. The molecule has 5 heteroatoms. The maximum absolute atomic E-state index is 11.8. The molecule has 1 heterocycles. The van der Waals surface area contributed by atoms with Gasteiger partial charge in [-0.2, -0.15) is 0 Å². The van der Waals surface area contributed by atoms with Crippen LogP contribution >= 0.6 is 0 Å². The molecule has 0 bridgehead atoms. The van der Waals surface area contributed by atoms with Crippen molar-refractivity contribution in [3.05, 3.63) is 0 Å². The highest BCUT2D eigenvalue weighted by atomic mass is 16.5. The zero-order chi connectivity index (χ0) is 12.9. The Balaban J connectivity index is 2.40. The topological polar surface area (TPSA) is 67.4 Å². The van der Waals surface area contributed by atoms with Crippen LogP contribution in [0.2, 0.25) is 0 Å². The van der Waals surface area contributed by atoms with Gasteiger partial charge in [0.1, 0.15) is 5.54 Å². The van der Waals surface area contributed by atoms with Crippen LogP contribution in [-0.4, -0.2) is 37.6 Å².